The highest BCUT2D eigenvalue weighted by atomic mass is 32.1. The summed E-state index contributed by atoms with van der Waals surface area (Å²) in [5.74, 6) is 0.165. The summed E-state index contributed by atoms with van der Waals surface area (Å²) in [6.45, 7) is 3.96. The average molecular weight is 237 g/mol. The van der Waals surface area contributed by atoms with E-state index in [4.69, 9.17) is 0 Å². The maximum absolute atomic E-state index is 11.8. The fraction of sp³-hybridized carbons (Fsp3) is 0.273. The monoisotopic (exact) mass is 237 g/mol. The number of thiophene rings is 1. The van der Waals surface area contributed by atoms with Gasteiger partial charge in [0, 0.05) is 10.3 Å². The van der Waals surface area contributed by atoms with Crippen molar-refractivity contribution in [3.05, 3.63) is 38.0 Å². The fourth-order valence-electron chi connectivity index (χ4n) is 1.33. The van der Waals surface area contributed by atoms with E-state index in [-0.39, 0.29) is 5.78 Å². The number of nitrogens with zero attached hydrogens (tertiary/aromatic N) is 1. The number of Topliss-reactive ketones (excluding diaryl/α,β-unsaturated/α-hetero) is 1. The SMILES string of the molecule is Cc1ccc(C(=O)Cc2csc(C)n2)s1. The number of aryl methyl sites for hydroxylation is 2. The zero-order chi connectivity index (χ0) is 10.8. The Balaban J connectivity index is 2.10. The van der Waals surface area contributed by atoms with Crippen LogP contribution in [0.1, 0.15) is 25.3 Å². The summed E-state index contributed by atoms with van der Waals surface area (Å²) in [5.41, 5.74) is 0.883. The van der Waals surface area contributed by atoms with Gasteiger partial charge >= 0.3 is 0 Å². The van der Waals surface area contributed by atoms with Gasteiger partial charge in [-0.25, -0.2) is 4.98 Å². The van der Waals surface area contributed by atoms with Gasteiger partial charge in [0.15, 0.2) is 5.78 Å². The summed E-state index contributed by atoms with van der Waals surface area (Å²) in [6, 6.07) is 3.87. The molecule has 4 heteroatoms. The highest BCUT2D eigenvalue weighted by Crippen LogP contribution is 2.18. The second-order valence-corrected chi connectivity index (χ2v) is 5.72. The third-order valence-corrected chi connectivity index (χ3v) is 3.89. The first-order chi connectivity index (χ1) is 7.15. The fourth-order valence-corrected chi connectivity index (χ4v) is 2.74. The lowest BCUT2D eigenvalue weighted by molar-refractivity contribution is 0.0996. The van der Waals surface area contributed by atoms with Gasteiger partial charge in [-0.3, -0.25) is 4.79 Å². The summed E-state index contributed by atoms with van der Waals surface area (Å²) < 4.78 is 0. The summed E-state index contributed by atoms with van der Waals surface area (Å²) in [6.07, 6.45) is 0.421. The van der Waals surface area contributed by atoms with E-state index in [1.807, 2.05) is 31.4 Å². The van der Waals surface area contributed by atoms with Crippen molar-refractivity contribution in [2.75, 3.05) is 0 Å². The predicted molar refractivity (Wildman–Crippen MR) is 63.9 cm³/mol. The number of carbonyl (C=O) groups is 1. The van der Waals surface area contributed by atoms with Crippen molar-refractivity contribution in [2.45, 2.75) is 20.3 Å². The first-order valence-corrected chi connectivity index (χ1v) is 6.35. The quantitative estimate of drug-likeness (QED) is 0.767. The van der Waals surface area contributed by atoms with Crippen molar-refractivity contribution in [3.8, 4) is 0 Å². The molecule has 0 aliphatic heterocycles. The number of carbonyl (C=O) groups excluding carboxylic acids is 1. The Hall–Kier alpha value is -1.00. The third kappa shape index (κ3) is 2.52. The number of ketones is 1. The van der Waals surface area contributed by atoms with Crippen molar-refractivity contribution < 1.29 is 4.79 Å². The van der Waals surface area contributed by atoms with Crippen LogP contribution in [0.2, 0.25) is 0 Å². The smallest absolute Gasteiger partial charge is 0.178 e. The van der Waals surface area contributed by atoms with Crippen LogP contribution >= 0.6 is 22.7 Å². The molecule has 0 fully saturated rings. The molecule has 0 amide bonds. The molecule has 0 aromatic carbocycles. The molecule has 0 spiro atoms. The largest absolute Gasteiger partial charge is 0.293 e. The molecular formula is C11H11NOS2. The molecule has 0 N–H and O–H groups in total. The van der Waals surface area contributed by atoms with E-state index in [1.54, 1.807) is 22.7 Å². The number of thiazole rings is 1. The summed E-state index contributed by atoms with van der Waals surface area (Å²) in [7, 11) is 0. The van der Waals surface area contributed by atoms with Crippen molar-refractivity contribution in [1.29, 1.82) is 0 Å². The lowest BCUT2D eigenvalue weighted by atomic mass is 10.2. The molecule has 2 aromatic rings. The first-order valence-electron chi connectivity index (χ1n) is 4.66. The molecule has 15 heavy (non-hydrogen) atoms. The number of hydrogen-bond donors (Lipinski definition) is 0. The van der Waals surface area contributed by atoms with Gasteiger partial charge in [-0.15, -0.1) is 22.7 Å². The molecule has 0 saturated heterocycles. The van der Waals surface area contributed by atoms with Gasteiger partial charge in [0.25, 0.3) is 0 Å². The van der Waals surface area contributed by atoms with E-state index in [0.717, 1.165) is 15.6 Å². The molecule has 2 rings (SSSR count). The highest BCUT2D eigenvalue weighted by Gasteiger charge is 2.10. The number of aromatic nitrogens is 1. The van der Waals surface area contributed by atoms with Crippen LogP contribution in [0.15, 0.2) is 17.5 Å². The summed E-state index contributed by atoms with van der Waals surface area (Å²) in [4.78, 5) is 18.1. The number of hydrogen-bond acceptors (Lipinski definition) is 4. The van der Waals surface area contributed by atoms with Crippen LogP contribution in [0.5, 0.6) is 0 Å². The lowest BCUT2D eigenvalue weighted by Crippen LogP contribution is -2.01. The molecular weight excluding hydrogens is 226 g/mol. The van der Waals surface area contributed by atoms with Gasteiger partial charge < -0.3 is 0 Å². The molecule has 0 atom stereocenters. The lowest BCUT2D eigenvalue weighted by Gasteiger charge is -1.93. The van der Waals surface area contributed by atoms with E-state index in [0.29, 0.717) is 6.42 Å². The van der Waals surface area contributed by atoms with Crippen molar-refractivity contribution in [2.24, 2.45) is 0 Å². The normalized spacial score (nSPS) is 10.5. The Morgan fingerprint density at radius 2 is 2.20 bits per heavy atom. The van der Waals surface area contributed by atoms with Gasteiger partial charge in [0.1, 0.15) is 0 Å². The molecule has 0 aliphatic rings. The Labute approximate surface area is 96.6 Å². The van der Waals surface area contributed by atoms with E-state index in [9.17, 15) is 4.79 Å². The van der Waals surface area contributed by atoms with Crippen LogP contribution in [0.3, 0.4) is 0 Å². The number of rotatable bonds is 3. The Morgan fingerprint density at radius 3 is 2.73 bits per heavy atom. The molecule has 0 radical (unpaired) electrons. The zero-order valence-electron chi connectivity index (χ0n) is 8.61. The minimum absolute atomic E-state index is 0.165. The predicted octanol–water partition coefficient (Wildman–Crippen LogP) is 3.25. The third-order valence-electron chi connectivity index (χ3n) is 2.02. The molecule has 2 heterocycles. The van der Waals surface area contributed by atoms with Crippen molar-refractivity contribution in [3.63, 3.8) is 0 Å². The zero-order valence-corrected chi connectivity index (χ0v) is 10.2. The minimum atomic E-state index is 0.165. The van der Waals surface area contributed by atoms with Crippen LogP contribution in [0.25, 0.3) is 0 Å². The van der Waals surface area contributed by atoms with Crippen LogP contribution in [0, 0.1) is 13.8 Å². The van der Waals surface area contributed by atoms with Crippen LogP contribution in [-0.2, 0) is 6.42 Å². The molecule has 0 bridgehead atoms. The highest BCUT2D eigenvalue weighted by molar-refractivity contribution is 7.14. The van der Waals surface area contributed by atoms with Gasteiger partial charge in [-0.05, 0) is 26.0 Å². The van der Waals surface area contributed by atoms with Crippen LogP contribution in [-0.4, -0.2) is 10.8 Å². The van der Waals surface area contributed by atoms with E-state index >= 15 is 0 Å². The van der Waals surface area contributed by atoms with Crippen LogP contribution in [0.4, 0.5) is 0 Å². The molecule has 0 aliphatic carbocycles. The first kappa shape index (κ1) is 10.5. The Bertz CT molecular complexity index is 484. The molecule has 2 aromatic heterocycles. The van der Waals surface area contributed by atoms with Crippen molar-refractivity contribution in [1.82, 2.24) is 4.98 Å². The second-order valence-electron chi connectivity index (χ2n) is 3.37. The second kappa shape index (κ2) is 4.24. The summed E-state index contributed by atoms with van der Waals surface area (Å²) in [5, 5.41) is 2.97. The molecule has 0 unspecified atom stereocenters. The van der Waals surface area contributed by atoms with Gasteiger partial charge in [-0.2, -0.15) is 0 Å². The van der Waals surface area contributed by atoms with Gasteiger partial charge in [-0.1, -0.05) is 0 Å². The van der Waals surface area contributed by atoms with E-state index in [1.165, 1.54) is 4.88 Å². The molecule has 0 saturated carbocycles. The molecule has 78 valence electrons. The standard InChI is InChI=1S/C11H11NOS2/c1-7-3-4-11(15-7)10(13)5-9-6-14-8(2)12-9/h3-4,6H,5H2,1-2H3. The Kier molecular flexibility index (Phi) is 2.98. The van der Waals surface area contributed by atoms with Gasteiger partial charge in [0.05, 0.1) is 22.0 Å². The maximum atomic E-state index is 11.8. The minimum Gasteiger partial charge on any atom is -0.293 e. The van der Waals surface area contributed by atoms with Crippen LogP contribution < -0.4 is 0 Å². The maximum Gasteiger partial charge on any atom is 0.178 e. The average Bonchev–Trinajstić information content (AvgIpc) is 2.75. The Morgan fingerprint density at radius 1 is 1.40 bits per heavy atom. The van der Waals surface area contributed by atoms with Gasteiger partial charge in [0.2, 0.25) is 0 Å². The topological polar surface area (TPSA) is 30.0 Å². The van der Waals surface area contributed by atoms with E-state index < -0.39 is 0 Å². The van der Waals surface area contributed by atoms with E-state index in [2.05, 4.69) is 4.98 Å². The summed E-state index contributed by atoms with van der Waals surface area (Å²) >= 11 is 3.13. The molecule has 2 nitrogen and oxygen atoms in total. The van der Waals surface area contributed by atoms with Crippen molar-refractivity contribution >= 4 is 28.5 Å².